The number of halogens is 1. The Morgan fingerprint density at radius 2 is 1.79 bits per heavy atom. The zero-order chi connectivity index (χ0) is 24.1. The highest BCUT2D eigenvalue weighted by atomic mass is 35.5. The van der Waals surface area contributed by atoms with Gasteiger partial charge in [-0.1, -0.05) is 54.9 Å². The van der Waals surface area contributed by atoms with Gasteiger partial charge < -0.3 is 10.6 Å². The van der Waals surface area contributed by atoms with Crippen LogP contribution in [0.5, 0.6) is 0 Å². The van der Waals surface area contributed by atoms with Crippen molar-refractivity contribution in [1.82, 2.24) is 14.9 Å². The molecule has 174 valence electrons. The van der Waals surface area contributed by atoms with Gasteiger partial charge in [-0.25, -0.2) is 9.78 Å². The molecule has 4 aromatic rings. The number of nitrogens with zero attached hydrogens (tertiary/aromatic N) is 2. The number of carbonyl (C=O) groups is 1. The zero-order valence-electron chi connectivity index (χ0n) is 19.3. The van der Waals surface area contributed by atoms with E-state index in [0.29, 0.717) is 41.1 Å². The van der Waals surface area contributed by atoms with E-state index < -0.39 is 0 Å². The summed E-state index contributed by atoms with van der Waals surface area (Å²) in [6.07, 6.45) is 1.58. The average molecular weight is 475 g/mol. The Morgan fingerprint density at radius 1 is 1.00 bits per heavy atom. The van der Waals surface area contributed by atoms with Gasteiger partial charge in [-0.05, 0) is 60.4 Å². The predicted octanol–water partition coefficient (Wildman–Crippen LogP) is 5.86. The molecule has 0 aliphatic rings. The number of rotatable bonds is 7. The number of carbonyl (C=O) groups excluding carboxylic acids is 1. The van der Waals surface area contributed by atoms with Crippen LogP contribution in [0.1, 0.15) is 31.7 Å². The Balaban J connectivity index is 1.68. The smallest absolute Gasteiger partial charge is 0.319 e. The third-order valence-corrected chi connectivity index (χ3v) is 5.79. The molecule has 1 heterocycles. The largest absolute Gasteiger partial charge is 0.338 e. The molecule has 0 saturated carbocycles. The van der Waals surface area contributed by atoms with Crippen molar-refractivity contribution in [1.29, 1.82) is 0 Å². The Kier molecular flexibility index (Phi) is 7.28. The highest BCUT2D eigenvalue weighted by Crippen LogP contribution is 2.23. The van der Waals surface area contributed by atoms with E-state index in [1.807, 2.05) is 55.5 Å². The fourth-order valence-corrected chi connectivity index (χ4v) is 4.10. The van der Waals surface area contributed by atoms with Crippen molar-refractivity contribution in [2.24, 2.45) is 0 Å². The number of benzene rings is 3. The van der Waals surface area contributed by atoms with Crippen LogP contribution in [0.2, 0.25) is 5.02 Å². The second-order valence-corrected chi connectivity index (χ2v) is 8.53. The highest BCUT2D eigenvalue weighted by molar-refractivity contribution is 6.30. The van der Waals surface area contributed by atoms with Gasteiger partial charge in [0, 0.05) is 23.7 Å². The molecule has 1 aromatic heterocycles. The lowest BCUT2D eigenvalue weighted by Crippen LogP contribution is -2.28. The minimum absolute atomic E-state index is 0.119. The monoisotopic (exact) mass is 474 g/mol. The molecule has 2 amide bonds. The molecule has 34 heavy (non-hydrogen) atoms. The van der Waals surface area contributed by atoms with E-state index in [-0.39, 0.29) is 11.6 Å². The van der Waals surface area contributed by atoms with Crippen LogP contribution in [-0.4, -0.2) is 22.1 Å². The maximum absolute atomic E-state index is 13.5. The lowest BCUT2D eigenvalue weighted by Gasteiger charge is -2.14. The molecule has 2 N–H and O–H groups in total. The molecule has 0 atom stereocenters. The molecule has 0 spiro atoms. The van der Waals surface area contributed by atoms with Crippen LogP contribution in [0.3, 0.4) is 0 Å². The summed E-state index contributed by atoms with van der Waals surface area (Å²) in [5, 5.41) is 6.62. The number of fused-ring (bicyclic) bond motifs is 1. The van der Waals surface area contributed by atoms with E-state index in [0.717, 1.165) is 28.9 Å². The lowest BCUT2D eigenvalue weighted by molar-refractivity contribution is 0.252. The lowest BCUT2D eigenvalue weighted by atomic mass is 10.0. The van der Waals surface area contributed by atoms with Gasteiger partial charge >= 0.3 is 6.03 Å². The quantitative estimate of drug-likeness (QED) is 0.352. The topological polar surface area (TPSA) is 76.0 Å². The fourth-order valence-electron chi connectivity index (χ4n) is 3.91. The Morgan fingerprint density at radius 3 is 2.50 bits per heavy atom. The molecule has 4 rings (SSSR count). The van der Waals surface area contributed by atoms with Gasteiger partial charge in [0.05, 0.1) is 17.4 Å². The first-order chi connectivity index (χ1) is 16.5. The summed E-state index contributed by atoms with van der Waals surface area (Å²) in [4.78, 5) is 30.2. The number of amides is 2. The van der Waals surface area contributed by atoms with Crippen LogP contribution in [0.25, 0.3) is 22.0 Å². The molecule has 0 radical (unpaired) electrons. The van der Waals surface area contributed by atoms with Gasteiger partial charge in [0.15, 0.2) is 0 Å². The number of aryl methyl sites for hydroxylation is 1. The van der Waals surface area contributed by atoms with E-state index >= 15 is 0 Å². The van der Waals surface area contributed by atoms with E-state index in [2.05, 4.69) is 17.6 Å². The molecule has 6 nitrogen and oxygen atoms in total. The first-order valence-electron chi connectivity index (χ1n) is 11.4. The summed E-state index contributed by atoms with van der Waals surface area (Å²) in [5.41, 5.74) is 4.17. The molecule has 0 saturated heterocycles. The van der Waals surface area contributed by atoms with Gasteiger partial charge in [0.25, 0.3) is 5.56 Å². The van der Waals surface area contributed by atoms with Crippen molar-refractivity contribution in [3.05, 3.63) is 93.5 Å². The Labute approximate surface area is 203 Å². The van der Waals surface area contributed by atoms with Crippen molar-refractivity contribution < 1.29 is 4.79 Å². The van der Waals surface area contributed by atoms with E-state index in [4.69, 9.17) is 16.6 Å². The SMILES string of the molecule is CCCc1nc2ccc(NC(=O)NCC)cc2c(=O)n1Cc1ccc(-c2cccc(Cl)c2)cc1. The minimum atomic E-state index is -0.308. The zero-order valence-corrected chi connectivity index (χ0v) is 20.0. The number of urea groups is 1. The first kappa shape index (κ1) is 23.5. The fraction of sp³-hybridized carbons (Fsp3) is 0.222. The molecule has 3 aromatic carbocycles. The standard InChI is InChI=1S/C27H27ClN4O2/c1-3-6-25-31-24-14-13-22(30-27(34)29-4-2)16-23(24)26(33)32(25)17-18-9-11-19(12-10-18)20-7-5-8-21(28)15-20/h5,7-16H,3-4,6,17H2,1-2H3,(H2,29,30,34). The van der Waals surface area contributed by atoms with Crippen LogP contribution in [0.15, 0.2) is 71.5 Å². The van der Waals surface area contributed by atoms with Gasteiger partial charge in [0.1, 0.15) is 5.82 Å². The predicted molar refractivity (Wildman–Crippen MR) is 139 cm³/mol. The minimum Gasteiger partial charge on any atom is -0.338 e. The number of nitrogens with one attached hydrogen (secondary N) is 2. The summed E-state index contributed by atoms with van der Waals surface area (Å²) < 4.78 is 1.73. The molecule has 0 bridgehead atoms. The molecule has 0 fully saturated rings. The van der Waals surface area contributed by atoms with E-state index in [1.54, 1.807) is 22.8 Å². The maximum Gasteiger partial charge on any atom is 0.319 e. The van der Waals surface area contributed by atoms with Crippen LogP contribution in [0, 0.1) is 0 Å². The molecular formula is C27H27ClN4O2. The van der Waals surface area contributed by atoms with E-state index in [1.165, 1.54) is 0 Å². The first-order valence-corrected chi connectivity index (χ1v) is 11.8. The molecule has 0 aliphatic carbocycles. The normalized spacial score (nSPS) is 10.9. The Hall–Kier alpha value is -3.64. The number of hydrogen-bond donors (Lipinski definition) is 2. The summed E-state index contributed by atoms with van der Waals surface area (Å²) >= 11 is 6.13. The maximum atomic E-state index is 13.5. The highest BCUT2D eigenvalue weighted by Gasteiger charge is 2.13. The third kappa shape index (κ3) is 5.29. The second-order valence-electron chi connectivity index (χ2n) is 8.09. The summed E-state index contributed by atoms with van der Waals surface area (Å²) in [6.45, 7) is 4.85. The molecule has 0 aliphatic heterocycles. The van der Waals surface area contributed by atoms with Crippen LogP contribution in [-0.2, 0) is 13.0 Å². The van der Waals surface area contributed by atoms with Gasteiger partial charge in [-0.15, -0.1) is 0 Å². The van der Waals surface area contributed by atoms with Gasteiger partial charge in [-0.3, -0.25) is 9.36 Å². The molecular weight excluding hydrogens is 448 g/mol. The Bertz CT molecular complexity index is 1380. The molecule has 0 unspecified atom stereocenters. The number of aromatic nitrogens is 2. The van der Waals surface area contributed by atoms with Crippen molar-refractivity contribution in [3.63, 3.8) is 0 Å². The average Bonchev–Trinajstić information content (AvgIpc) is 2.83. The second kappa shape index (κ2) is 10.5. The molecule has 7 heteroatoms. The van der Waals surface area contributed by atoms with Crippen molar-refractivity contribution in [2.75, 3.05) is 11.9 Å². The number of hydrogen-bond acceptors (Lipinski definition) is 3. The summed E-state index contributed by atoms with van der Waals surface area (Å²) in [7, 11) is 0. The van der Waals surface area contributed by atoms with E-state index in [9.17, 15) is 9.59 Å². The summed E-state index contributed by atoms with van der Waals surface area (Å²) in [5.74, 6) is 0.753. The third-order valence-electron chi connectivity index (χ3n) is 5.55. The van der Waals surface area contributed by atoms with Crippen LogP contribution < -0.4 is 16.2 Å². The van der Waals surface area contributed by atoms with Crippen molar-refractivity contribution >= 4 is 34.2 Å². The van der Waals surface area contributed by atoms with Crippen molar-refractivity contribution in [3.8, 4) is 11.1 Å². The van der Waals surface area contributed by atoms with Crippen LogP contribution >= 0.6 is 11.6 Å². The van der Waals surface area contributed by atoms with Gasteiger partial charge in [-0.2, -0.15) is 0 Å². The van der Waals surface area contributed by atoms with Crippen LogP contribution in [0.4, 0.5) is 10.5 Å². The summed E-state index contributed by atoms with van der Waals surface area (Å²) in [6, 6.07) is 20.8. The van der Waals surface area contributed by atoms with Crippen molar-refractivity contribution in [2.45, 2.75) is 33.2 Å². The number of anilines is 1. The van der Waals surface area contributed by atoms with Gasteiger partial charge in [0.2, 0.25) is 0 Å².